The van der Waals surface area contributed by atoms with Crippen molar-refractivity contribution in [1.29, 1.82) is 0 Å². The summed E-state index contributed by atoms with van der Waals surface area (Å²) < 4.78 is 22.5. The number of unbranched alkanes of at least 4 members (excludes halogenated alkanes) is 34. The van der Waals surface area contributed by atoms with Gasteiger partial charge in [0.2, 0.25) is 0 Å². The van der Waals surface area contributed by atoms with Crippen molar-refractivity contribution in [3.05, 3.63) is 0 Å². The molecule has 12 N–H and O–H groups in total. The van der Waals surface area contributed by atoms with Crippen LogP contribution < -0.4 is 5.32 Å². The number of carbonyl (C=O) groups excluding carboxylic acids is 1. The number of nitrogens with one attached hydrogen (secondary N) is 1. The maximum atomic E-state index is 13.4. The van der Waals surface area contributed by atoms with Crippen molar-refractivity contribution >= 4 is 5.91 Å². The summed E-state index contributed by atoms with van der Waals surface area (Å²) in [7, 11) is 0. The van der Waals surface area contributed by atoms with Gasteiger partial charge in [0.25, 0.3) is 5.91 Å². The average Bonchev–Trinajstić information content (AvgIpc) is 3.42. The molecule has 2 saturated heterocycles. The Kier molecular flexibility index (Phi) is 42.5. The Morgan fingerprint density at radius 1 is 0.434 bits per heavy atom. The van der Waals surface area contributed by atoms with Crippen LogP contribution in [0.5, 0.6) is 0 Å². The maximum Gasteiger partial charge on any atom is 0.251 e. The molecule has 0 radical (unpaired) electrons. The predicted octanol–water partition coefficient (Wildman–Crippen LogP) is 7.42. The van der Waals surface area contributed by atoms with Gasteiger partial charge >= 0.3 is 0 Å². The lowest BCUT2D eigenvalue weighted by atomic mass is 9.97. The molecule has 2 fully saturated rings. The van der Waals surface area contributed by atoms with E-state index in [4.69, 9.17) is 18.9 Å². The van der Waals surface area contributed by atoms with Gasteiger partial charge in [-0.3, -0.25) is 4.79 Å². The molecule has 15 atom stereocenters. The van der Waals surface area contributed by atoms with Gasteiger partial charge in [-0.1, -0.05) is 245 Å². The van der Waals surface area contributed by atoms with Gasteiger partial charge in [0.15, 0.2) is 18.7 Å². The molecule has 0 bridgehead atoms. The molecule has 0 spiro atoms. The van der Waals surface area contributed by atoms with Crippen molar-refractivity contribution in [2.75, 3.05) is 19.8 Å². The molecule has 2 heterocycles. The standard InChI is InChI=1S/C59H115NO16/c1-3-5-7-9-11-13-15-17-18-19-20-21-22-23-24-25-26-28-30-32-34-36-38-40-46(64)50(66)57(72)60-44(49(65)45(63)39-37-35-33-31-29-27-16-14-12-10-8-6-4-2)43-73-58-55(71)53(69)56(48(42-62)75-58)76-59-54(70)52(68)51(67)47(41-61)74-59/h44-56,58-59,61-71H,3-43H2,1-2H3,(H,60,72). The second kappa shape index (κ2) is 45.5. The molecule has 2 aliphatic rings. The van der Waals surface area contributed by atoms with E-state index in [1.807, 2.05) is 0 Å². The fourth-order valence-electron chi connectivity index (χ4n) is 10.7. The highest BCUT2D eigenvalue weighted by molar-refractivity contribution is 5.81. The van der Waals surface area contributed by atoms with E-state index >= 15 is 0 Å². The third-order valence-corrected chi connectivity index (χ3v) is 15.9. The van der Waals surface area contributed by atoms with E-state index in [0.29, 0.717) is 12.8 Å². The van der Waals surface area contributed by atoms with Crippen LogP contribution in [0.25, 0.3) is 0 Å². The Morgan fingerprint density at radius 2 is 0.776 bits per heavy atom. The summed E-state index contributed by atoms with van der Waals surface area (Å²) >= 11 is 0. The van der Waals surface area contributed by atoms with Gasteiger partial charge in [0, 0.05) is 0 Å². The van der Waals surface area contributed by atoms with Gasteiger partial charge in [-0.25, -0.2) is 0 Å². The van der Waals surface area contributed by atoms with Crippen LogP contribution in [0.1, 0.15) is 258 Å². The van der Waals surface area contributed by atoms with Gasteiger partial charge in [-0.2, -0.15) is 0 Å². The lowest BCUT2D eigenvalue weighted by molar-refractivity contribution is -0.359. The molecule has 15 unspecified atom stereocenters. The van der Waals surface area contributed by atoms with Gasteiger partial charge < -0.3 is 80.4 Å². The Bertz CT molecular complexity index is 1340. The second-order valence-electron chi connectivity index (χ2n) is 22.6. The highest BCUT2D eigenvalue weighted by atomic mass is 16.7. The Morgan fingerprint density at radius 3 is 1.16 bits per heavy atom. The first-order chi connectivity index (χ1) is 36.8. The SMILES string of the molecule is CCCCCCCCCCCCCCCCCCCCCCCCCC(O)C(O)C(=O)NC(COC1OC(CO)C(OC2OC(CO)C(O)C(O)C2O)C(O)C1O)C(O)C(O)CCCCCCCCCCCCCCC. The summed E-state index contributed by atoms with van der Waals surface area (Å²) in [6, 6.07) is -1.39. The molecule has 0 aliphatic carbocycles. The minimum Gasteiger partial charge on any atom is -0.394 e. The van der Waals surface area contributed by atoms with E-state index in [1.165, 1.54) is 167 Å². The lowest BCUT2D eigenvalue weighted by Crippen LogP contribution is -2.65. The summed E-state index contributed by atoms with van der Waals surface area (Å²) in [5.74, 6) is -1.01. The molecule has 0 aromatic rings. The fraction of sp³-hybridized carbons (Fsp3) is 0.983. The highest BCUT2D eigenvalue weighted by Gasteiger charge is 2.51. The number of aliphatic hydroxyl groups excluding tert-OH is 11. The van der Waals surface area contributed by atoms with E-state index in [-0.39, 0.29) is 12.8 Å². The third kappa shape index (κ3) is 30.1. The first kappa shape index (κ1) is 71.0. The molecule has 2 rings (SSSR count). The van der Waals surface area contributed by atoms with E-state index in [2.05, 4.69) is 19.2 Å². The molecule has 1 amide bonds. The zero-order valence-corrected chi connectivity index (χ0v) is 47.6. The summed E-state index contributed by atoms with van der Waals surface area (Å²) in [4.78, 5) is 13.4. The van der Waals surface area contributed by atoms with Crippen LogP contribution >= 0.6 is 0 Å². The van der Waals surface area contributed by atoms with Crippen LogP contribution in [0, 0.1) is 0 Å². The molecular formula is C59H115NO16. The molecule has 0 aromatic carbocycles. The van der Waals surface area contributed by atoms with E-state index in [0.717, 1.165) is 51.4 Å². The quantitative estimate of drug-likeness (QED) is 0.0264. The average molecular weight is 1090 g/mol. The van der Waals surface area contributed by atoms with Crippen molar-refractivity contribution in [1.82, 2.24) is 5.32 Å². The van der Waals surface area contributed by atoms with Crippen LogP contribution in [-0.4, -0.2) is 174 Å². The van der Waals surface area contributed by atoms with Gasteiger partial charge in [-0.15, -0.1) is 0 Å². The van der Waals surface area contributed by atoms with Crippen molar-refractivity contribution in [2.45, 2.75) is 350 Å². The zero-order valence-electron chi connectivity index (χ0n) is 47.6. The van der Waals surface area contributed by atoms with Crippen LogP contribution in [0.4, 0.5) is 0 Å². The number of ether oxygens (including phenoxy) is 4. The first-order valence-corrected chi connectivity index (χ1v) is 31.0. The number of aliphatic hydroxyl groups is 11. The number of hydrogen-bond donors (Lipinski definition) is 12. The van der Waals surface area contributed by atoms with Crippen molar-refractivity contribution in [3.8, 4) is 0 Å². The van der Waals surface area contributed by atoms with Crippen LogP contribution in [0.2, 0.25) is 0 Å². The van der Waals surface area contributed by atoms with Crippen molar-refractivity contribution in [3.63, 3.8) is 0 Å². The molecule has 0 saturated carbocycles. The Hall–Kier alpha value is -1.13. The first-order valence-electron chi connectivity index (χ1n) is 31.0. The van der Waals surface area contributed by atoms with Crippen molar-refractivity contribution < 1.29 is 79.9 Å². The zero-order chi connectivity index (χ0) is 55.8. The smallest absolute Gasteiger partial charge is 0.251 e. The van der Waals surface area contributed by atoms with Crippen LogP contribution in [-0.2, 0) is 23.7 Å². The number of carbonyl (C=O) groups is 1. The van der Waals surface area contributed by atoms with Crippen LogP contribution in [0.3, 0.4) is 0 Å². The van der Waals surface area contributed by atoms with Gasteiger partial charge in [0.05, 0.1) is 38.1 Å². The molecule has 452 valence electrons. The van der Waals surface area contributed by atoms with Gasteiger partial charge in [0.1, 0.15) is 54.9 Å². The van der Waals surface area contributed by atoms with E-state index in [9.17, 15) is 61.0 Å². The Labute approximate surface area is 459 Å². The molecule has 76 heavy (non-hydrogen) atoms. The largest absolute Gasteiger partial charge is 0.394 e. The predicted molar refractivity (Wildman–Crippen MR) is 295 cm³/mol. The van der Waals surface area contributed by atoms with E-state index in [1.54, 1.807) is 0 Å². The maximum absolute atomic E-state index is 13.4. The third-order valence-electron chi connectivity index (χ3n) is 15.9. The van der Waals surface area contributed by atoms with Gasteiger partial charge in [-0.05, 0) is 12.8 Å². The fourth-order valence-corrected chi connectivity index (χ4v) is 10.7. The molecule has 17 nitrogen and oxygen atoms in total. The summed E-state index contributed by atoms with van der Waals surface area (Å²) in [6.45, 7) is 2.32. The topological polar surface area (TPSA) is 289 Å². The molecular weight excluding hydrogens is 979 g/mol. The monoisotopic (exact) mass is 1090 g/mol. The summed E-state index contributed by atoms with van der Waals surface area (Å²) in [6.07, 6.45) is 21.1. The molecule has 0 aromatic heterocycles. The van der Waals surface area contributed by atoms with Crippen molar-refractivity contribution in [2.24, 2.45) is 0 Å². The lowest BCUT2D eigenvalue weighted by Gasteiger charge is -2.46. The minimum absolute atomic E-state index is 0.175. The number of rotatable bonds is 50. The highest BCUT2D eigenvalue weighted by Crippen LogP contribution is 2.30. The summed E-state index contributed by atoms with van der Waals surface area (Å²) in [5.41, 5.74) is 0. The number of amides is 1. The molecule has 2 aliphatic heterocycles. The second-order valence-corrected chi connectivity index (χ2v) is 22.6. The number of hydrogen-bond acceptors (Lipinski definition) is 16. The normalized spacial score (nSPS) is 26.1. The minimum atomic E-state index is -1.89. The summed E-state index contributed by atoms with van der Waals surface area (Å²) in [5, 5.41) is 120. The van der Waals surface area contributed by atoms with E-state index < -0.39 is 118 Å². The Balaban J connectivity index is 1.80. The van der Waals surface area contributed by atoms with Crippen LogP contribution in [0.15, 0.2) is 0 Å². The molecule has 17 heteroatoms.